The van der Waals surface area contributed by atoms with Gasteiger partial charge in [-0.05, 0) is 52.8 Å². The van der Waals surface area contributed by atoms with Crippen LogP contribution in [0.2, 0.25) is 0 Å². The average Bonchev–Trinajstić information content (AvgIpc) is 3.18. The number of esters is 1. The number of ether oxygens (including phenoxy) is 2. The van der Waals surface area contributed by atoms with Crippen molar-refractivity contribution in [2.75, 3.05) is 7.11 Å². The van der Waals surface area contributed by atoms with Crippen molar-refractivity contribution < 1.29 is 24.0 Å². The fourth-order valence-corrected chi connectivity index (χ4v) is 5.47. The molecule has 0 fully saturated rings. The smallest absolute Gasteiger partial charge is 0.336 e. The number of hydrogen-bond acceptors (Lipinski definition) is 7. The summed E-state index contributed by atoms with van der Waals surface area (Å²) in [6, 6.07) is 19.2. The van der Waals surface area contributed by atoms with Crippen LogP contribution in [0.15, 0.2) is 83.6 Å². The van der Waals surface area contributed by atoms with Gasteiger partial charge >= 0.3 is 5.97 Å². The molecule has 2 aliphatic rings. The molecule has 1 atom stereocenters. The zero-order valence-corrected chi connectivity index (χ0v) is 22.1. The average molecular weight is 608 g/mol. The molecule has 1 aliphatic heterocycles. The standard InChI is InChI=1S/C28H21IN2O6/c1-15-23(28(33)36-2)24(25-26(30-15)19-8-3-4-9-20(19)27(25)32)17-10-11-22(21(29)13-17)37-14-16-6-5-7-18(12-16)31(34)35/h3-13,24,30H,14H2,1-2H3/t24-/m0/s1. The Balaban J connectivity index is 1.51. The van der Waals surface area contributed by atoms with E-state index in [1.807, 2.05) is 30.3 Å². The van der Waals surface area contributed by atoms with Crippen molar-refractivity contribution in [1.82, 2.24) is 5.32 Å². The Morgan fingerprint density at radius 1 is 1.08 bits per heavy atom. The summed E-state index contributed by atoms with van der Waals surface area (Å²) in [5, 5.41) is 14.3. The van der Waals surface area contributed by atoms with Crippen molar-refractivity contribution in [2.24, 2.45) is 0 Å². The number of nitrogens with one attached hydrogen (secondary N) is 1. The highest BCUT2D eigenvalue weighted by molar-refractivity contribution is 14.1. The minimum absolute atomic E-state index is 0.000792. The molecule has 0 aromatic heterocycles. The number of ketones is 1. The number of fused-ring (bicyclic) bond motifs is 2. The molecule has 1 aliphatic carbocycles. The number of nitro groups is 1. The van der Waals surface area contributed by atoms with Crippen molar-refractivity contribution in [3.05, 3.63) is 120 Å². The third-order valence-corrected chi connectivity index (χ3v) is 7.30. The normalized spacial score (nSPS) is 16.2. The first-order valence-corrected chi connectivity index (χ1v) is 12.5. The van der Waals surface area contributed by atoms with E-state index >= 15 is 0 Å². The molecule has 1 N–H and O–H groups in total. The van der Waals surface area contributed by atoms with Crippen LogP contribution in [-0.4, -0.2) is 23.8 Å². The van der Waals surface area contributed by atoms with Crippen LogP contribution < -0.4 is 10.1 Å². The van der Waals surface area contributed by atoms with Gasteiger partial charge in [0.05, 0.1) is 26.9 Å². The highest BCUT2D eigenvalue weighted by Crippen LogP contribution is 2.47. The first-order valence-electron chi connectivity index (χ1n) is 11.4. The number of hydrogen-bond donors (Lipinski definition) is 1. The Labute approximate surface area is 226 Å². The molecule has 3 aromatic rings. The molecule has 0 saturated carbocycles. The van der Waals surface area contributed by atoms with Crippen LogP contribution in [0.5, 0.6) is 5.75 Å². The number of non-ortho nitro benzene ring substituents is 1. The van der Waals surface area contributed by atoms with Crippen LogP contribution in [-0.2, 0) is 16.1 Å². The van der Waals surface area contributed by atoms with Gasteiger partial charge in [-0.3, -0.25) is 14.9 Å². The van der Waals surface area contributed by atoms with Crippen LogP contribution in [0, 0.1) is 13.7 Å². The number of nitro benzene ring substituents is 1. The zero-order valence-electron chi connectivity index (χ0n) is 19.9. The van der Waals surface area contributed by atoms with Crippen LogP contribution in [0.3, 0.4) is 0 Å². The molecule has 0 unspecified atom stereocenters. The lowest BCUT2D eigenvalue weighted by Gasteiger charge is -2.29. The van der Waals surface area contributed by atoms with Gasteiger partial charge in [-0.25, -0.2) is 4.79 Å². The number of allylic oxidation sites excluding steroid dienone is 2. The van der Waals surface area contributed by atoms with E-state index in [-0.39, 0.29) is 18.1 Å². The molecule has 0 radical (unpaired) electrons. The topological polar surface area (TPSA) is 108 Å². The number of rotatable bonds is 6. The van der Waals surface area contributed by atoms with Crippen molar-refractivity contribution in [2.45, 2.75) is 19.4 Å². The monoisotopic (exact) mass is 608 g/mol. The summed E-state index contributed by atoms with van der Waals surface area (Å²) < 4.78 is 11.8. The molecular weight excluding hydrogens is 587 g/mol. The quantitative estimate of drug-likeness (QED) is 0.170. The lowest BCUT2D eigenvalue weighted by atomic mass is 9.80. The SMILES string of the molecule is COC(=O)C1=C(C)NC2=C(C(=O)c3ccccc32)[C@H]1c1ccc(OCc2cccc([N+](=O)[O-])c2)c(I)c1. The molecule has 0 bridgehead atoms. The molecule has 3 aromatic carbocycles. The fourth-order valence-electron chi connectivity index (χ4n) is 4.78. The number of dihydropyridines is 1. The number of carbonyl (C=O) groups excluding carboxylic acids is 2. The van der Waals surface area contributed by atoms with Gasteiger partial charge in [-0.1, -0.05) is 42.5 Å². The van der Waals surface area contributed by atoms with Gasteiger partial charge in [0.1, 0.15) is 12.4 Å². The summed E-state index contributed by atoms with van der Waals surface area (Å²) >= 11 is 2.14. The molecule has 0 spiro atoms. The van der Waals surface area contributed by atoms with E-state index in [0.717, 1.165) is 14.7 Å². The second-order valence-corrected chi connectivity index (χ2v) is 9.82. The Hall–Kier alpha value is -3.99. The minimum atomic E-state index is -0.622. The van der Waals surface area contributed by atoms with Gasteiger partial charge < -0.3 is 14.8 Å². The number of halogens is 1. The summed E-state index contributed by atoms with van der Waals surface area (Å²) in [5.74, 6) is -0.674. The number of benzene rings is 3. The number of nitrogens with zero attached hydrogens (tertiary/aromatic N) is 1. The molecular formula is C28H21IN2O6. The minimum Gasteiger partial charge on any atom is -0.488 e. The largest absolute Gasteiger partial charge is 0.488 e. The van der Waals surface area contributed by atoms with Crippen molar-refractivity contribution >= 4 is 45.7 Å². The highest BCUT2D eigenvalue weighted by atomic mass is 127. The van der Waals surface area contributed by atoms with Crippen LogP contribution in [0.4, 0.5) is 5.69 Å². The van der Waals surface area contributed by atoms with Gasteiger partial charge in [0, 0.05) is 40.4 Å². The van der Waals surface area contributed by atoms with Crippen LogP contribution in [0.1, 0.15) is 39.9 Å². The van der Waals surface area contributed by atoms with Gasteiger partial charge in [0.25, 0.3) is 5.69 Å². The lowest BCUT2D eigenvalue weighted by molar-refractivity contribution is -0.384. The van der Waals surface area contributed by atoms with Gasteiger partial charge in [0.15, 0.2) is 5.78 Å². The van der Waals surface area contributed by atoms with Crippen LogP contribution in [0.25, 0.3) is 5.70 Å². The van der Waals surface area contributed by atoms with E-state index in [9.17, 15) is 19.7 Å². The number of carbonyl (C=O) groups is 2. The molecule has 9 heteroatoms. The molecule has 37 heavy (non-hydrogen) atoms. The summed E-state index contributed by atoms with van der Waals surface area (Å²) in [6.07, 6.45) is 0. The molecule has 0 saturated heterocycles. The van der Waals surface area contributed by atoms with Gasteiger partial charge in [0.2, 0.25) is 0 Å². The maximum atomic E-state index is 13.5. The maximum absolute atomic E-state index is 13.5. The summed E-state index contributed by atoms with van der Waals surface area (Å²) in [4.78, 5) is 37.0. The lowest BCUT2D eigenvalue weighted by Crippen LogP contribution is -2.29. The van der Waals surface area contributed by atoms with Crippen molar-refractivity contribution in [1.29, 1.82) is 0 Å². The maximum Gasteiger partial charge on any atom is 0.336 e. The van der Waals surface area contributed by atoms with Crippen molar-refractivity contribution in [3.63, 3.8) is 0 Å². The molecule has 0 amide bonds. The second-order valence-electron chi connectivity index (χ2n) is 8.66. The molecule has 1 heterocycles. The van der Waals surface area contributed by atoms with Crippen molar-refractivity contribution in [3.8, 4) is 5.75 Å². The Morgan fingerprint density at radius 3 is 2.54 bits per heavy atom. The van der Waals surface area contributed by atoms with E-state index in [1.54, 1.807) is 31.2 Å². The molecule has 5 rings (SSSR count). The predicted molar refractivity (Wildman–Crippen MR) is 145 cm³/mol. The number of Topliss-reactive ketones (excluding diaryl/α,β-unsaturated/α-hetero) is 1. The van der Waals surface area contributed by atoms with Gasteiger partial charge in [-0.15, -0.1) is 0 Å². The highest BCUT2D eigenvalue weighted by Gasteiger charge is 2.42. The number of methoxy groups -OCH3 is 1. The summed E-state index contributed by atoms with van der Waals surface area (Å²) in [6.45, 7) is 1.95. The first-order chi connectivity index (χ1) is 17.8. The van der Waals surface area contributed by atoms with E-state index < -0.39 is 16.8 Å². The third kappa shape index (κ3) is 4.39. The summed E-state index contributed by atoms with van der Waals surface area (Å²) in [7, 11) is 1.32. The first kappa shape index (κ1) is 24.7. The Morgan fingerprint density at radius 2 is 1.84 bits per heavy atom. The zero-order chi connectivity index (χ0) is 26.3. The van der Waals surface area contributed by atoms with E-state index in [0.29, 0.717) is 39.4 Å². The van der Waals surface area contributed by atoms with E-state index in [4.69, 9.17) is 9.47 Å². The van der Waals surface area contributed by atoms with Gasteiger partial charge in [-0.2, -0.15) is 0 Å². The predicted octanol–water partition coefficient (Wildman–Crippen LogP) is 5.52. The molecule has 186 valence electrons. The Bertz CT molecular complexity index is 1540. The van der Waals surface area contributed by atoms with Crippen LogP contribution >= 0.6 is 22.6 Å². The Kier molecular flexibility index (Phi) is 6.55. The third-order valence-electron chi connectivity index (χ3n) is 6.46. The molecule has 8 nitrogen and oxygen atoms in total. The summed E-state index contributed by atoms with van der Waals surface area (Å²) in [5.41, 5.74) is 5.04. The van der Waals surface area contributed by atoms with E-state index in [2.05, 4.69) is 27.9 Å². The van der Waals surface area contributed by atoms with E-state index in [1.165, 1.54) is 19.2 Å². The fraction of sp³-hybridized carbons (Fsp3) is 0.143. The second kappa shape index (κ2) is 9.81.